The van der Waals surface area contributed by atoms with Gasteiger partial charge in [-0.25, -0.2) is 0 Å². The normalized spacial score (nSPS) is 12.2. The van der Waals surface area contributed by atoms with Crippen LogP contribution in [0.25, 0.3) is 0 Å². The van der Waals surface area contributed by atoms with Crippen LogP contribution < -0.4 is 56.8 Å². The summed E-state index contributed by atoms with van der Waals surface area (Å²) in [6.45, 7) is -0.0583. The lowest BCUT2D eigenvalue weighted by Gasteiger charge is -2.29. The van der Waals surface area contributed by atoms with Crippen molar-refractivity contribution in [3.63, 3.8) is 0 Å². The lowest BCUT2D eigenvalue weighted by Crippen LogP contribution is -2.37. The highest BCUT2D eigenvalue weighted by Gasteiger charge is 2.32. The van der Waals surface area contributed by atoms with Crippen LogP contribution in [0.3, 0.4) is 0 Å². The number of aromatic hydroxyl groups is 3. The first-order valence-electron chi connectivity index (χ1n) is 19.3. The van der Waals surface area contributed by atoms with Crippen molar-refractivity contribution in [2.45, 2.75) is 6.61 Å². The van der Waals surface area contributed by atoms with Crippen molar-refractivity contribution in [1.82, 2.24) is 0 Å². The number of ether oxygens (including phenoxy) is 13. The monoisotopic (exact) mass is 895 g/mol. The second-order valence-electron chi connectivity index (χ2n) is 13.7. The predicted octanol–water partition coefficient (Wildman–Crippen LogP) is 5.77. The van der Waals surface area contributed by atoms with Gasteiger partial charge in [0.1, 0.15) is 17.2 Å². The number of methoxy groups -OCH3 is 12. The van der Waals surface area contributed by atoms with Gasteiger partial charge in [-0.05, 0) is 17.7 Å². The molecular weight excluding hydrogens is 838 g/mol. The number of nitrogens with zero attached hydrogens (tertiary/aromatic N) is 3. The van der Waals surface area contributed by atoms with Crippen molar-refractivity contribution in [2.24, 2.45) is 20.4 Å². The van der Waals surface area contributed by atoms with Crippen molar-refractivity contribution in [3.8, 4) is 86.2 Å². The molecule has 0 spiro atoms. The second kappa shape index (κ2) is 23.3. The fourth-order valence-electron chi connectivity index (χ4n) is 6.75. The minimum Gasteiger partial charge on any atom is -0.507 e. The average molecular weight is 896 g/mol. The summed E-state index contributed by atoms with van der Waals surface area (Å²) < 4.78 is 72.9. The zero-order valence-electron chi connectivity index (χ0n) is 38.1. The maximum atomic E-state index is 11.1. The van der Waals surface area contributed by atoms with E-state index >= 15 is 0 Å². The van der Waals surface area contributed by atoms with Crippen LogP contribution in [0.15, 0.2) is 45.3 Å². The molecule has 4 aromatic carbocycles. The Hall–Kier alpha value is -7.15. The second-order valence-corrected chi connectivity index (χ2v) is 13.7. The van der Waals surface area contributed by atoms with Crippen molar-refractivity contribution < 1.29 is 76.9 Å². The van der Waals surface area contributed by atoms with E-state index < -0.39 is 5.41 Å². The van der Waals surface area contributed by atoms with Crippen LogP contribution in [0.5, 0.6) is 86.2 Å². The van der Waals surface area contributed by atoms with Gasteiger partial charge >= 0.3 is 0 Å². The van der Waals surface area contributed by atoms with Gasteiger partial charge in [0.25, 0.3) is 0 Å². The Morgan fingerprint density at radius 2 is 0.672 bits per heavy atom. The molecule has 0 unspecified atom stereocenters. The Morgan fingerprint density at radius 1 is 0.391 bits per heavy atom. The van der Waals surface area contributed by atoms with Crippen molar-refractivity contribution in [2.75, 3.05) is 112 Å². The number of aliphatic imine (C=N–C) groups is 3. The Labute approximate surface area is 372 Å². The number of rotatable bonds is 25. The minimum absolute atomic E-state index is 0.0298. The fourth-order valence-corrected chi connectivity index (χ4v) is 6.75. The summed E-state index contributed by atoms with van der Waals surface area (Å²) in [6.07, 6.45) is 4.30. The summed E-state index contributed by atoms with van der Waals surface area (Å²) in [5.41, 5.74) is 0.208. The molecule has 0 saturated carbocycles. The molecule has 3 N–H and O–H groups in total. The van der Waals surface area contributed by atoms with E-state index in [4.69, 9.17) is 76.6 Å². The molecule has 0 aliphatic carbocycles. The number of phenolic OH excluding ortho intramolecular Hbond substituents is 3. The molecule has 348 valence electrons. The summed E-state index contributed by atoms with van der Waals surface area (Å²) in [5.74, 6) is 2.70. The smallest absolute Gasteiger partial charge is 0.204 e. The molecule has 0 saturated heterocycles. The van der Waals surface area contributed by atoms with Crippen LogP contribution in [-0.2, 0) is 11.3 Å². The van der Waals surface area contributed by atoms with Gasteiger partial charge in [0, 0.05) is 36.8 Å². The van der Waals surface area contributed by atoms with Crippen LogP contribution >= 0.6 is 0 Å². The van der Waals surface area contributed by atoms with Gasteiger partial charge in [-0.15, -0.1) is 0 Å². The molecule has 19 nitrogen and oxygen atoms in total. The van der Waals surface area contributed by atoms with E-state index in [0.717, 1.165) is 0 Å². The van der Waals surface area contributed by atoms with Crippen molar-refractivity contribution >= 4 is 18.6 Å². The van der Waals surface area contributed by atoms with Gasteiger partial charge in [0.05, 0.1) is 140 Å². The molecule has 4 rings (SSSR count). The molecule has 0 heterocycles. The van der Waals surface area contributed by atoms with Gasteiger partial charge in [0.2, 0.25) is 23.0 Å². The Balaban J connectivity index is 1.91. The van der Waals surface area contributed by atoms with Crippen molar-refractivity contribution in [1.29, 1.82) is 0 Å². The van der Waals surface area contributed by atoms with E-state index in [1.54, 1.807) is 12.1 Å². The maximum Gasteiger partial charge on any atom is 0.204 e. The molecule has 0 amide bonds. The summed E-state index contributed by atoms with van der Waals surface area (Å²) in [6, 6.07) is 7.69. The van der Waals surface area contributed by atoms with Crippen LogP contribution in [0.1, 0.15) is 22.3 Å². The van der Waals surface area contributed by atoms with E-state index in [1.807, 2.05) is 0 Å². The summed E-state index contributed by atoms with van der Waals surface area (Å²) >= 11 is 0. The van der Waals surface area contributed by atoms with E-state index in [9.17, 15) is 15.3 Å². The summed E-state index contributed by atoms with van der Waals surface area (Å²) in [7, 11) is 17.5. The molecule has 4 aromatic rings. The molecule has 0 aromatic heterocycles. The standard InChI is InChI=1S/C45H57N3O16/c1-52-33-13-26(14-34(53-2)41(33)60-9)21-64-25-45(22-46-18-27-30(49)15-35(54-3)42(61-10)38(27)57-6,23-47-19-28-31(50)16-36(55-4)43(62-11)39(28)58-7)24-48-20-29-32(51)17-37(56-5)44(63-12)40(29)59-8/h13-20,49-51H,21-25H2,1-12H3. The van der Waals surface area contributed by atoms with Crippen LogP contribution in [0.2, 0.25) is 0 Å². The third-order valence-corrected chi connectivity index (χ3v) is 9.88. The molecule has 0 radical (unpaired) electrons. The Kier molecular flexibility index (Phi) is 18.1. The summed E-state index contributed by atoms with van der Waals surface area (Å²) in [4.78, 5) is 14.4. The quantitative estimate of drug-likeness (QED) is 0.0673. The molecule has 0 aliphatic heterocycles. The van der Waals surface area contributed by atoms with Gasteiger partial charge in [-0.1, -0.05) is 0 Å². The van der Waals surface area contributed by atoms with Gasteiger partial charge in [-0.3, -0.25) is 15.0 Å². The molecular formula is C45H57N3O16. The molecule has 0 bridgehead atoms. The average Bonchev–Trinajstić information content (AvgIpc) is 3.31. The lowest BCUT2D eigenvalue weighted by molar-refractivity contribution is 0.0464. The summed E-state index contributed by atoms with van der Waals surface area (Å²) in [5, 5.41) is 33.3. The van der Waals surface area contributed by atoms with E-state index in [-0.39, 0.29) is 119 Å². The highest BCUT2D eigenvalue weighted by molar-refractivity contribution is 5.91. The Morgan fingerprint density at radius 3 is 0.938 bits per heavy atom. The van der Waals surface area contributed by atoms with Crippen LogP contribution in [-0.4, -0.2) is 146 Å². The van der Waals surface area contributed by atoms with E-state index in [2.05, 4.69) is 0 Å². The molecule has 0 atom stereocenters. The molecule has 64 heavy (non-hydrogen) atoms. The zero-order valence-corrected chi connectivity index (χ0v) is 38.1. The molecule has 0 fully saturated rings. The third-order valence-electron chi connectivity index (χ3n) is 9.88. The number of phenols is 3. The number of hydrogen-bond acceptors (Lipinski definition) is 19. The fraction of sp³-hybridized carbons (Fsp3) is 0.400. The van der Waals surface area contributed by atoms with Gasteiger partial charge < -0.3 is 76.9 Å². The SMILES string of the molecule is COc1cc(COCC(CN=Cc2c(O)cc(OC)c(OC)c2OC)(CN=Cc2c(O)cc(OC)c(OC)c2OC)CN=Cc2c(O)cc(OC)c(OC)c2OC)cc(OC)c1OC. The third kappa shape index (κ3) is 10.9. The maximum absolute atomic E-state index is 11.1. The van der Waals surface area contributed by atoms with Crippen LogP contribution in [0, 0.1) is 5.41 Å². The van der Waals surface area contributed by atoms with Crippen molar-refractivity contribution in [3.05, 3.63) is 52.6 Å². The number of hydrogen-bond donors (Lipinski definition) is 3. The van der Waals surface area contributed by atoms with E-state index in [1.165, 1.54) is 122 Å². The zero-order chi connectivity index (χ0) is 47.0. The van der Waals surface area contributed by atoms with Gasteiger partial charge in [-0.2, -0.15) is 0 Å². The number of benzene rings is 4. The highest BCUT2D eigenvalue weighted by atomic mass is 16.6. The predicted molar refractivity (Wildman–Crippen MR) is 239 cm³/mol. The first-order valence-corrected chi connectivity index (χ1v) is 19.3. The first kappa shape index (κ1) is 49.5. The lowest BCUT2D eigenvalue weighted by atomic mass is 9.88. The highest BCUT2D eigenvalue weighted by Crippen LogP contribution is 2.46. The van der Waals surface area contributed by atoms with E-state index in [0.29, 0.717) is 22.8 Å². The largest absolute Gasteiger partial charge is 0.507 e. The van der Waals surface area contributed by atoms with Gasteiger partial charge in [0.15, 0.2) is 46.0 Å². The minimum atomic E-state index is -1.11. The Bertz CT molecular complexity index is 2070. The first-order chi connectivity index (χ1) is 30.9. The molecule has 19 heteroatoms. The van der Waals surface area contributed by atoms with Crippen LogP contribution in [0.4, 0.5) is 0 Å². The molecule has 0 aliphatic rings. The topological polar surface area (TPSA) is 218 Å².